The summed E-state index contributed by atoms with van der Waals surface area (Å²) in [4.78, 5) is 12.3. The van der Waals surface area contributed by atoms with Crippen molar-refractivity contribution in [3.63, 3.8) is 0 Å². The molecule has 0 aliphatic carbocycles. The maximum Gasteiger partial charge on any atom is 0.156 e. The van der Waals surface area contributed by atoms with Gasteiger partial charge in [-0.25, -0.2) is 0 Å². The largest absolute Gasteiger partial charge is 0.305 e. The Morgan fingerprint density at radius 2 is 2.29 bits per heavy atom. The molecule has 1 N–H and O–H groups in total. The van der Waals surface area contributed by atoms with Crippen LogP contribution in [0.1, 0.15) is 30.9 Å². The van der Waals surface area contributed by atoms with Crippen LogP contribution in [0.2, 0.25) is 5.02 Å². The van der Waals surface area contributed by atoms with Crippen molar-refractivity contribution in [1.82, 2.24) is 5.32 Å². The van der Waals surface area contributed by atoms with Crippen molar-refractivity contribution < 1.29 is 4.79 Å². The number of aryl methyl sites for hydroxylation is 1. The Kier molecular flexibility index (Phi) is 3.55. The summed E-state index contributed by atoms with van der Waals surface area (Å²) in [6, 6.07) is 5.86. The van der Waals surface area contributed by atoms with Gasteiger partial charge >= 0.3 is 0 Å². The van der Waals surface area contributed by atoms with Crippen molar-refractivity contribution in [2.24, 2.45) is 0 Å². The topological polar surface area (TPSA) is 29.1 Å². The quantitative estimate of drug-likeness (QED) is 0.895. The van der Waals surface area contributed by atoms with E-state index in [9.17, 15) is 4.79 Å². The Hall–Kier alpha value is -0.860. The molecule has 2 rings (SSSR count). The van der Waals surface area contributed by atoms with Crippen molar-refractivity contribution in [2.75, 3.05) is 6.54 Å². The molecule has 0 aromatic heterocycles. The smallest absolute Gasteiger partial charge is 0.156 e. The molecule has 1 saturated heterocycles. The van der Waals surface area contributed by atoms with Gasteiger partial charge in [-0.05, 0) is 50.4 Å². The number of ketones is 1. The highest BCUT2D eigenvalue weighted by Crippen LogP contribution is 2.24. The van der Waals surface area contributed by atoms with Crippen molar-refractivity contribution in [3.8, 4) is 0 Å². The van der Waals surface area contributed by atoms with E-state index in [1.54, 1.807) is 0 Å². The fraction of sp³-hybridized carbons (Fsp3) is 0.500. The zero-order chi connectivity index (χ0) is 12.5. The summed E-state index contributed by atoms with van der Waals surface area (Å²) in [5.74, 6) is 0.237. The van der Waals surface area contributed by atoms with Gasteiger partial charge in [0.2, 0.25) is 0 Å². The standard InChI is InChI=1S/C14H18ClNO/c1-10-4-5-11(12(15)8-10)9-13(17)14(2)6-3-7-16-14/h4-5,8,16H,3,6-7,9H2,1-2H3. The summed E-state index contributed by atoms with van der Waals surface area (Å²) >= 11 is 6.15. The zero-order valence-corrected chi connectivity index (χ0v) is 11.1. The van der Waals surface area contributed by atoms with Crippen LogP contribution in [0.15, 0.2) is 18.2 Å². The molecule has 2 nitrogen and oxygen atoms in total. The van der Waals surface area contributed by atoms with E-state index >= 15 is 0 Å². The van der Waals surface area contributed by atoms with Crippen LogP contribution in [0.3, 0.4) is 0 Å². The van der Waals surface area contributed by atoms with Crippen LogP contribution in [-0.4, -0.2) is 17.9 Å². The highest BCUT2D eigenvalue weighted by molar-refractivity contribution is 6.31. The molecule has 1 aromatic carbocycles. The first-order valence-corrected chi connectivity index (χ1v) is 6.42. The van der Waals surface area contributed by atoms with E-state index in [1.165, 1.54) is 0 Å². The van der Waals surface area contributed by atoms with Gasteiger partial charge in [0.05, 0.1) is 5.54 Å². The summed E-state index contributed by atoms with van der Waals surface area (Å²) in [5.41, 5.74) is 1.70. The van der Waals surface area contributed by atoms with Crippen LogP contribution in [0, 0.1) is 6.92 Å². The number of hydrogen-bond acceptors (Lipinski definition) is 2. The Morgan fingerprint density at radius 1 is 1.53 bits per heavy atom. The van der Waals surface area contributed by atoms with Crippen LogP contribution in [0.4, 0.5) is 0 Å². The predicted molar refractivity (Wildman–Crippen MR) is 70.5 cm³/mol. The van der Waals surface area contributed by atoms with E-state index in [1.807, 2.05) is 32.0 Å². The van der Waals surface area contributed by atoms with Crippen LogP contribution >= 0.6 is 11.6 Å². The van der Waals surface area contributed by atoms with Crippen molar-refractivity contribution in [1.29, 1.82) is 0 Å². The Bertz CT molecular complexity index is 436. The number of carbonyl (C=O) groups excluding carboxylic acids is 1. The van der Waals surface area contributed by atoms with Crippen LogP contribution in [-0.2, 0) is 11.2 Å². The molecule has 1 atom stereocenters. The summed E-state index contributed by atoms with van der Waals surface area (Å²) < 4.78 is 0. The lowest BCUT2D eigenvalue weighted by atomic mass is 9.90. The van der Waals surface area contributed by atoms with Crippen molar-refractivity contribution >= 4 is 17.4 Å². The third-order valence-corrected chi connectivity index (χ3v) is 3.90. The van der Waals surface area contributed by atoms with Gasteiger partial charge in [0.1, 0.15) is 0 Å². The van der Waals surface area contributed by atoms with E-state index in [0.29, 0.717) is 11.4 Å². The van der Waals surface area contributed by atoms with Crippen molar-refractivity contribution in [2.45, 2.75) is 38.6 Å². The van der Waals surface area contributed by atoms with Gasteiger partial charge in [0, 0.05) is 11.4 Å². The monoisotopic (exact) mass is 251 g/mol. The second kappa shape index (κ2) is 4.79. The molecule has 1 aliphatic rings. The minimum absolute atomic E-state index is 0.237. The fourth-order valence-corrected chi connectivity index (χ4v) is 2.60. The van der Waals surface area contributed by atoms with Gasteiger partial charge in [-0.3, -0.25) is 4.79 Å². The summed E-state index contributed by atoms with van der Waals surface area (Å²) in [6.07, 6.45) is 2.42. The third kappa shape index (κ3) is 2.70. The molecule has 0 bridgehead atoms. The van der Waals surface area contributed by atoms with Crippen LogP contribution < -0.4 is 5.32 Å². The first kappa shape index (κ1) is 12.6. The maximum absolute atomic E-state index is 12.3. The molecule has 17 heavy (non-hydrogen) atoms. The maximum atomic E-state index is 12.3. The number of benzene rings is 1. The highest BCUT2D eigenvalue weighted by atomic mass is 35.5. The number of halogens is 1. The van der Waals surface area contributed by atoms with Gasteiger partial charge in [0.25, 0.3) is 0 Å². The molecule has 1 unspecified atom stereocenters. The lowest BCUT2D eigenvalue weighted by Crippen LogP contribution is -2.45. The second-order valence-electron chi connectivity index (χ2n) is 5.06. The van der Waals surface area contributed by atoms with E-state index in [2.05, 4.69) is 5.32 Å². The first-order chi connectivity index (χ1) is 8.01. The Labute approximate surface area is 107 Å². The zero-order valence-electron chi connectivity index (χ0n) is 10.3. The van der Waals surface area contributed by atoms with Crippen LogP contribution in [0.25, 0.3) is 0 Å². The summed E-state index contributed by atoms with van der Waals surface area (Å²) in [5, 5.41) is 3.99. The average molecular weight is 252 g/mol. The summed E-state index contributed by atoms with van der Waals surface area (Å²) in [6.45, 7) is 4.92. The molecule has 1 aromatic rings. The SMILES string of the molecule is Cc1ccc(CC(=O)C2(C)CCCN2)c(Cl)c1. The Balaban J connectivity index is 2.13. The predicted octanol–water partition coefficient (Wildman–Crippen LogP) is 2.90. The fourth-order valence-electron chi connectivity index (χ4n) is 2.30. The van der Waals surface area contributed by atoms with E-state index in [4.69, 9.17) is 11.6 Å². The molecule has 0 amide bonds. The minimum Gasteiger partial charge on any atom is -0.305 e. The Morgan fingerprint density at radius 3 is 2.88 bits per heavy atom. The highest BCUT2D eigenvalue weighted by Gasteiger charge is 2.35. The third-order valence-electron chi connectivity index (χ3n) is 3.54. The van der Waals surface area contributed by atoms with Gasteiger partial charge in [-0.2, -0.15) is 0 Å². The molecule has 0 radical (unpaired) electrons. The van der Waals surface area contributed by atoms with Gasteiger partial charge < -0.3 is 5.32 Å². The molecule has 3 heteroatoms. The van der Waals surface area contributed by atoms with Crippen molar-refractivity contribution in [3.05, 3.63) is 34.3 Å². The lowest BCUT2D eigenvalue weighted by Gasteiger charge is -2.22. The molecular formula is C14H18ClNO. The summed E-state index contributed by atoms with van der Waals surface area (Å²) in [7, 11) is 0. The average Bonchev–Trinajstić information content (AvgIpc) is 2.71. The van der Waals surface area contributed by atoms with Crippen LogP contribution in [0.5, 0.6) is 0 Å². The number of carbonyl (C=O) groups is 1. The normalized spacial score (nSPS) is 23.9. The second-order valence-corrected chi connectivity index (χ2v) is 5.46. The number of rotatable bonds is 3. The van der Waals surface area contributed by atoms with E-state index in [-0.39, 0.29) is 11.3 Å². The van der Waals surface area contributed by atoms with E-state index < -0.39 is 0 Å². The van der Waals surface area contributed by atoms with Gasteiger partial charge in [0.15, 0.2) is 5.78 Å². The molecule has 1 fully saturated rings. The molecule has 92 valence electrons. The molecule has 1 heterocycles. The van der Waals surface area contributed by atoms with Gasteiger partial charge in [-0.15, -0.1) is 0 Å². The first-order valence-electron chi connectivity index (χ1n) is 6.05. The minimum atomic E-state index is -0.353. The molecule has 0 saturated carbocycles. The van der Waals surface area contributed by atoms with E-state index in [0.717, 1.165) is 30.5 Å². The number of nitrogens with one attached hydrogen (secondary N) is 1. The molecular weight excluding hydrogens is 234 g/mol. The number of hydrogen-bond donors (Lipinski definition) is 1. The lowest BCUT2D eigenvalue weighted by molar-refractivity contribution is -0.123. The molecule has 1 aliphatic heterocycles. The molecule has 0 spiro atoms. The number of Topliss-reactive ketones (excluding diaryl/α,β-unsaturated/α-hetero) is 1. The van der Waals surface area contributed by atoms with Gasteiger partial charge in [-0.1, -0.05) is 23.7 Å².